The summed E-state index contributed by atoms with van der Waals surface area (Å²) in [5.41, 5.74) is 4.26. The van der Waals surface area contributed by atoms with Crippen LogP contribution in [0.5, 0.6) is 0 Å². The second-order valence-corrected chi connectivity index (χ2v) is 5.02. The highest BCUT2D eigenvalue weighted by Crippen LogP contribution is 2.21. The average molecular weight is 335 g/mol. The highest BCUT2D eigenvalue weighted by atomic mass is 127. The van der Waals surface area contributed by atoms with Crippen molar-refractivity contribution in [3.05, 3.63) is 52.3 Å². The van der Waals surface area contributed by atoms with Crippen molar-refractivity contribution >= 4 is 28.2 Å². The van der Waals surface area contributed by atoms with E-state index >= 15 is 0 Å². The van der Waals surface area contributed by atoms with Crippen LogP contribution in [-0.4, -0.2) is 14.4 Å². The van der Waals surface area contributed by atoms with Crippen molar-refractivity contribution in [2.24, 2.45) is 0 Å². The van der Waals surface area contributed by atoms with E-state index in [9.17, 15) is 0 Å². The van der Waals surface area contributed by atoms with Crippen LogP contribution in [0.4, 0.5) is 0 Å². The van der Waals surface area contributed by atoms with E-state index in [0.29, 0.717) is 0 Å². The molecule has 4 heteroatoms. The van der Waals surface area contributed by atoms with Crippen LogP contribution in [0.15, 0.2) is 42.9 Å². The second kappa shape index (κ2) is 4.10. The Balaban J connectivity index is 2.14. The number of fused-ring (bicyclic) bond motifs is 1. The fourth-order valence-corrected chi connectivity index (χ4v) is 2.31. The molecule has 3 aromatic rings. The molecule has 3 heterocycles. The van der Waals surface area contributed by atoms with Crippen LogP contribution in [0.2, 0.25) is 0 Å². The summed E-state index contributed by atoms with van der Waals surface area (Å²) in [6, 6.07) is 8.27. The largest absolute Gasteiger partial charge is 0.295 e. The molecule has 0 aromatic carbocycles. The molecule has 0 N–H and O–H groups in total. The third-order valence-corrected chi connectivity index (χ3v) is 3.51. The van der Waals surface area contributed by atoms with E-state index in [2.05, 4.69) is 55.2 Å². The van der Waals surface area contributed by atoms with Gasteiger partial charge < -0.3 is 0 Å². The summed E-state index contributed by atoms with van der Waals surface area (Å²) in [5.74, 6) is 0. The van der Waals surface area contributed by atoms with E-state index in [1.807, 2.05) is 31.6 Å². The van der Waals surface area contributed by atoms with Crippen LogP contribution in [0.3, 0.4) is 0 Å². The molecule has 17 heavy (non-hydrogen) atoms. The molecular formula is C13H10IN3. The Labute approximate surface area is 113 Å². The van der Waals surface area contributed by atoms with E-state index in [-0.39, 0.29) is 0 Å². The van der Waals surface area contributed by atoms with Gasteiger partial charge in [-0.3, -0.25) is 9.38 Å². The van der Waals surface area contributed by atoms with Gasteiger partial charge in [0.1, 0.15) is 9.35 Å². The zero-order valence-electron chi connectivity index (χ0n) is 9.26. The molecule has 0 radical (unpaired) electrons. The Morgan fingerprint density at radius 1 is 1.06 bits per heavy atom. The Morgan fingerprint density at radius 3 is 2.71 bits per heavy atom. The highest BCUT2D eigenvalue weighted by Gasteiger charge is 2.03. The predicted molar refractivity (Wildman–Crippen MR) is 75.9 cm³/mol. The number of imidazole rings is 1. The first-order chi connectivity index (χ1) is 8.24. The highest BCUT2D eigenvalue weighted by molar-refractivity contribution is 14.1. The van der Waals surface area contributed by atoms with Crippen molar-refractivity contribution in [1.82, 2.24) is 14.4 Å². The number of rotatable bonds is 1. The van der Waals surface area contributed by atoms with Crippen molar-refractivity contribution < 1.29 is 0 Å². The fraction of sp³-hybridized carbons (Fsp3) is 0.0769. The molecule has 0 amide bonds. The van der Waals surface area contributed by atoms with Gasteiger partial charge in [-0.05, 0) is 53.3 Å². The topological polar surface area (TPSA) is 30.2 Å². The molecule has 0 saturated heterocycles. The maximum Gasteiger partial charge on any atom is 0.138 e. The van der Waals surface area contributed by atoms with Crippen molar-refractivity contribution in [2.45, 2.75) is 6.92 Å². The van der Waals surface area contributed by atoms with Crippen LogP contribution in [0.1, 0.15) is 5.69 Å². The summed E-state index contributed by atoms with van der Waals surface area (Å²) in [6.07, 6.45) is 5.81. The summed E-state index contributed by atoms with van der Waals surface area (Å²) < 4.78 is 3.18. The summed E-state index contributed by atoms with van der Waals surface area (Å²) in [4.78, 5) is 8.67. The monoisotopic (exact) mass is 335 g/mol. The van der Waals surface area contributed by atoms with E-state index in [0.717, 1.165) is 26.2 Å². The molecule has 0 saturated carbocycles. The van der Waals surface area contributed by atoms with E-state index < -0.39 is 0 Å². The van der Waals surface area contributed by atoms with E-state index in [4.69, 9.17) is 0 Å². The molecule has 3 aromatic heterocycles. The molecule has 0 unspecified atom stereocenters. The first-order valence-corrected chi connectivity index (χ1v) is 6.37. The molecule has 0 fully saturated rings. The molecule has 0 aliphatic heterocycles. The standard InChI is InChI=1S/C13H10IN3/c1-9-2-3-11(7-15-9)10-4-5-17-12(14)8-16-13(17)6-10/h2-8H,1H3. The second-order valence-electron chi connectivity index (χ2n) is 3.91. The van der Waals surface area contributed by atoms with Gasteiger partial charge in [0.15, 0.2) is 0 Å². The first kappa shape index (κ1) is 10.7. The number of halogens is 1. The minimum atomic E-state index is 0.965. The SMILES string of the molecule is Cc1ccc(-c2ccn3c(I)cnc3c2)cn1. The third-order valence-electron chi connectivity index (χ3n) is 2.71. The smallest absolute Gasteiger partial charge is 0.138 e. The number of nitrogens with zero attached hydrogens (tertiary/aromatic N) is 3. The fourth-order valence-electron chi connectivity index (χ4n) is 1.77. The first-order valence-electron chi connectivity index (χ1n) is 5.30. The van der Waals surface area contributed by atoms with Crippen LogP contribution in [0.25, 0.3) is 16.8 Å². The van der Waals surface area contributed by atoms with Gasteiger partial charge in [-0.2, -0.15) is 0 Å². The molecule has 0 bridgehead atoms. The number of hydrogen-bond acceptors (Lipinski definition) is 2. The normalized spacial score (nSPS) is 10.9. The Kier molecular flexibility index (Phi) is 2.58. The maximum absolute atomic E-state index is 4.36. The molecular weight excluding hydrogens is 325 g/mol. The minimum absolute atomic E-state index is 0.965. The van der Waals surface area contributed by atoms with Crippen LogP contribution in [-0.2, 0) is 0 Å². The van der Waals surface area contributed by atoms with Gasteiger partial charge in [-0.1, -0.05) is 6.07 Å². The summed E-state index contributed by atoms with van der Waals surface area (Å²) in [7, 11) is 0. The number of pyridine rings is 2. The average Bonchev–Trinajstić information content (AvgIpc) is 2.72. The lowest BCUT2D eigenvalue weighted by atomic mass is 10.1. The summed E-state index contributed by atoms with van der Waals surface area (Å²) in [6.45, 7) is 1.99. The van der Waals surface area contributed by atoms with Crippen LogP contribution in [0, 0.1) is 10.6 Å². The molecule has 0 spiro atoms. The maximum atomic E-state index is 4.36. The molecule has 84 valence electrons. The lowest BCUT2D eigenvalue weighted by molar-refractivity contribution is 1.15. The van der Waals surface area contributed by atoms with Crippen molar-refractivity contribution in [1.29, 1.82) is 0 Å². The quantitative estimate of drug-likeness (QED) is 0.639. The van der Waals surface area contributed by atoms with Gasteiger partial charge in [-0.25, -0.2) is 4.98 Å². The molecule has 0 aliphatic rings. The van der Waals surface area contributed by atoms with Gasteiger partial charge in [-0.15, -0.1) is 0 Å². The van der Waals surface area contributed by atoms with Crippen molar-refractivity contribution in [2.75, 3.05) is 0 Å². The molecule has 3 rings (SSSR count). The van der Waals surface area contributed by atoms with Crippen molar-refractivity contribution in [3.63, 3.8) is 0 Å². The molecule has 0 aliphatic carbocycles. The summed E-state index contributed by atoms with van der Waals surface area (Å²) >= 11 is 2.27. The van der Waals surface area contributed by atoms with Gasteiger partial charge in [0.05, 0.1) is 6.20 Å². The Morgan fingerprint density at radius 2 is 1.94 bits per heavy atom. The lowest BCUT2D eigenvalue weighted by Crippen LogP contribution is -1.88. The van der Waals surface area contributed by atoms with E-state index in [1.54, 1.807) is 0 Å². The molecule has 0 atom stereocenters. The predicted octanol–water partition coefficient (Wildman–Crippen LogP) is 3.31. The van der Waals surface area contributed by atoms with Crippen LogP contribution >= 0.6 is 22.6 Å². The minimum Gasteiger partial charge on any atom is -0.295 e. The number of aryl methyl sites for hydroxylation is 1. The molecule has 3 nitrogen and oxygen atoms in total. The van der Waals surface area contributed by atoms with E-state index in [1.165, 1.54) is 0 Å². The zero-order chi connectivity index (χ0) is 11.8. The Hall–Kier alpha value is -1.43. The third kappa shape index (κ3) is 1.93. The van der Waals surface area contributed by atoms with Gasteiger partial charge in [0.2, 0.25) is 0 Å². The Bertz CT molecular complexity index is 671. The zero-order valence-corrected chi connectivity index (χ0v) is 11.4. The van der Waals surface area contributed by atoms with Gasteiger partial charge in [0, 0.05) is 23.7 Å². The lowest BCUT2D eigenvalue weighted by Gasteiger charge is -2.03. The van der Waals surface area contributed by atoms with Crippen molar-refractivity contribution in [3.8, 4) is 11.1 Å². The number of hydrogen-bond donors (Lipinski definition) is 0. The van der Waals surface area contributed by atoms with Crippen LogP contribution < -0.4 is 0 Å². The van der Waals surface area contributed by atoms with Gasteiger partial charge >= 0.3 is 0 Å². The summed E-state index contributed by atoms with van der Waals surface area (Å²) in [5, 5.41) is 0. The van der Waals surface area contributed by atoms with Gasteiger partial charge in [0.25, 0.3) is 0 Å². The number of aromatic nitrogens is 3.